The van der Waals surface area contributed by atoms with Gasteiger partial charge in [0.05, 0.1) is 5.69 Å². The zero-order valence-corrected chi connectivity index (χ0v) is 7.66. The molecule has 0 aliphatic carbocycles. The van der Waals surface area contributed by atoms with Gasteiger partial charge in [0.2, 0.25) is 0 Å². The molecule has 0 spiro atoms. The first-order valence-corrected chi connectivity index (χ1v) is 4.29. The van der Waals surface area contributed by atoms with Gasteiger partial charge in [0, 0.05) is 18.8 Å². The Labute approximate surface area is 75.2 Å². The van der Waals surface area contributed by atoms with Crippen LogP contribution in [0.4, 0.5) is 0 Å². The average molecular weight is 177 g/mol. The number of nitrogens with one attached hydrogen (secondary N) is 1. The number of imidazole rings is 1. The predicted octanol–water partition coefficient (Wildman–Crippen LogP) is 0.893. The third kappa shape index (κ3) is 1.06. The monoisotopic (exact) mass is 177 g/mol. The van der Waals surface area contributed by atoms with Crippen molar-refractivity contribution in [3.05, 3.63) is 34.3 Å². The summed E-state index contributed by atoms with van der Waals surface area (Å²) in [5, 5.41) is 0. The van der Waals surface area contributed by atoms with Crippen LogP contribution in [0.25, 0.3) is 5.52 Å². The number of aromatic nitrogens is 3. The van der Waals surface area contributed by atoms with Gasteiger partial charge in [0.25, 0.3) is 5.56 Å². The smallest absolute Gasteiger partial charge is 0.274 e. The van der Waals surface area contributed by atoms with E-state index < -0.39 is 0 Å². The lowest BCUT2D eigenvalue weighted by Crippen LogP contribution is -2.09. The molecule has 0 saturated heterocycles. The van der Waals surface area contributed by atoms with Crippen LogP contribution in [0, 0.1) is 6.92 Å². The highest BCUT2D eigenvalue weighted by Gasteiger charge is 2.07. The molecule has 2 rings (SSSR count). The van der Waals surface area contributed by atoms with Gasteiger partial charge < -0.3 is 4.98 Å². The molecule has 0 amide bonds. The second-order valence-corrected chi connectivity index (χ2v) is 2.97. The Bertz CT molecular complexity index is 495. The van der Waals surface area contributed by atoms with Crippen LogP contribution in [0.3, 0.4) is 0 Å². The van der Waals surface area contributed by atoms with Gasteiger partial charge in [-0.2, -0.15) is 0 Å². The fraction of sp³-hybridized carbons (Fsp3) is 0.333. The molecule has 0 aliphatic rings. The minimum atomic E-state index is -0.0767. The third-order valence-electron chi connectivity index (χ3n) is 2.13. The lowest BCUT2D eigenvalue weighted by molar-refractivity contribution is 0.920. The Balaban J connectivity index is 2.96. The van der Waals surface area contributed by atoms with Crippen LogP contribution in [0.5, 0.6) is 0 Å². The predicted molar refractivity (Wildman–Crippen MR) is 49.9 cm³/mol. The maximum atomic E-state index is 11.4. The van der Waals surface area contributed by atoms with E-state index in [1.54, 1.807) is 6.20 Å². The molecule has 1 N–H and O–H groups in total. The quantitative estimate of drug-likeness (QED) is 0.703. The molecule has 0 unspecified atom stereocenters. The van der Waals surface area contributed by atoms with E-state index in [-0.39, 0.29) is 5.56 Å². The van der Waals surface area contributed by atoms with Crippen LogP contribution in [-0.4, -0.2) is 14.4 Å². The molecule has 68 valence electrons. The van der Waals surface area contributed by atoms with E-state index in [2.05, 4.69) is 9.97 Å². The van der Waals surface area contributed by atoms with Crippen molar-refractivity contribution in [1.82, 2.24) is 14.4 Å². The van der Waals surface area contributed by atoms with E-state index in [4.69, 9.17) is 0 Å². The van der Waals surface area contributed by atoms with Gasteiger partial charge >= 0.3 is 0 Å². The fourth-order valence-electron chi connectivity index (χ4n) is 1.54. The fourth-order valence-corrected chi connectivity index (χ4v) is 1.54. The Morgan fingerprint density at radius 1 is 1.62 bits per heavy atom. The van der Waals surface area contributed by atoms with E-state index in [9.17, 15) is 4.79 Å². The molecule has 0 atom stereocenters. The van der Waals surface area contributed by atoms with E-state index in [1.807, 2.05) is 24.4 Å². The second-order valence-electron chi connectivity index (χ2n) is 2.97. The van der Waals surface area contributed by atoms with Gasteiger partial charge in [0.15, 0.2) is 0 Å². The standard InChI is InChI=1S/C9H11N3O/c1-3-7-11-6(2)8-9(13)10-4-5-12(7)8/h4-5H,3H2,1-2H3,(H,10,13). The molecule has 2 heterocycles. The van der Waals surface area contributed by atoms with Crippen LogP contribution < -0.4 is 5.56 Å². The molecule has 4 heteroatoms. The minimum absolute atomic E-state index is 0.0767. The average Bonchev–Trinajstić information content (AvgIpc) is 2.44. The number of fused-ring (bicyclic) bond motifs is 1. The molecule has 0 aliphatic heterocycles. The number of rotatable bonds is 1. The number of hydrogen-bond donors (Lipinski definition) is 1. The summed E-state index contributed by atoms with van der Waals surface area (Å²) in [6.45, 7) is 3.87. The van der Waals surface area contributed by atoms with E-state index in [1.165, 1.54) is 0 Å². The Hall–Kier alpha value is -1.58. The number of hydrogen-bond acceptors (Lipinski definition) is 2. The van der Waals surface area contributed by atoms with Crippen molar-refractivity contribution >= 4 is 5.52 Å². The summed E-state index contributed by atoms with van der Waals surface area (Å²) in [5.41, 5.74) is 1.37. The zero-order valence-electron chi connectivity index (χ0n) is 7.66. The van der Waals surface area contributed by atoms with Gasteiger partial charge in [-0.25, -0.2) is 4.98 Å². The van der Waals surface area contributed by atoms with Crippen LogP contribution >= 0.6 is 0 Å². The summed E-state index contributed by atoms with van der Waals surface area (Å²) < 4.78 is 1.84. The van der Waals surface area contributed by atoms with Gasteiger partial charge in [-0.1, -0.05) is 6.92 Å². The highest BCUT2D eigenvalue weighted by atomic mass is 16.1. The Kier molecular flexibility index (Phi) is 1.69. The van der Waals surface area contributed by atoms with Gasteiger partial charge in [-0.05, 0) is 6.92 Å². The highest BCUT2D eigenvalue weighted by molar-refractivity contribution is 5.50. The largest absolute Gasteiger partial charge is 0.326 e. The summed E-state index contributed by atoms with van der Waals surface area (Å²) >= 11 is 0. The lowest BCUT2D eigenvalue weighted by Gasteiger charge is -1.95. The highest BCUT2D eigenvalue weighted by Crippen LogP contribution is 2.07. The molecule has 0 bridgehead atoms. The lowest BCUT2D eigenvalue weighted by atomic mass is 10.4. The zero-order chi connectivity index (χ0) is 9.42. The minimum Gasteiger partial charge on any atom is -0.326 e. The van der Waals surface area contributed by atoms with Crippen molar-refractivity contribution in [2.75, 3.05) is 0 Å². The second kappa shape index (κ2) is 2.73. The maximum absolute atomic E-state index is 11.4. The van der Waals surface area contributed by atoms with Gasteiger partial charge in [0.1, 0.15) is 11.3 Å². The van der Waals surface area contributed by atoms with Crippen molar-refractivity contribution in [2.24, 2.45) is 0 Å². The molecular weight excluding hydrogens is 166 g/mol. The molecule has 0 aromatic carbocycles. The first-order chi connectivity index (χ1) is 6.24. The van der Waals surface area contributed by atoms with Crippen LogP contribution in [0.1, 0.15) is 18.4 Å². The Morgan fingerprint density at radius 3 is 3.08 bits per heavy atom. The first-order valence-electron chi connectivity index (χ1n) is 4.29. The Morgan fingerprint density at radius 2 is 2.38 bits per heavy atom. The van der Waals surface area contributed by atoms with E-state index in [0.29, 0.717) is 5.52 Å². The third-order valence-corrected chi connectivity index (χ3v) is 2.13. The van der Waals surface area contributed by atoms with Gasteiger partial charge in [-0.15, -0.1) is 0 Å². The van der Waals surface area contributed by atoms with Crippen LogP contribution in [0.15, 0.2) is 17.2 Å². The normalized spacial score (nSPS) is 10.9. The van der Waals surface area contributed by atoms with Crippen molar-refractivity contribution < 1.29 is 0 Å². The van der Waals surface area contributed by atoms with Crippen molar-refractivity contribution in [1.29, 1.82) is 0 Å². The molecule has 0 saturated carbocycles. The summed E-state index contributed by atoms with van der Waals surface area (Å²) in [6, 6.07) is 0. The van der Waals surface area contributed by atoms with Gasteiger partial charge in [-0.3, -0.25) is 9.20 Å². The number of aryl methyl sites for hydroxylation is 2. The van der Waals surface area contributed by atoms with Crippen LogP contribution in [0.2, 0.25) is 0 Å². The van der Waals surface area contributed by atoms with Crippen molar-refractivity contribution in [3.63, 3.8) is 0 Å². The molecule has 0 fully saturated rings. The topological polar surface area (TPSA) is 50.2 Å². The summed E-state index contributed by atoms with van der Waals surface area (Å²) in [4.78, 5) is 18.4. The maximum Gasteiger partial charge on any atom is 0.274 e. The number of nitrogens with zero attached hydrogens (tertiary/aromatic N) is 2. The number of aromatic amines is 1. The SMILES string of the molecule is CCc1nc(C)c2c(=O)[nH]ccn12. The molecule has 13 heavy (non-hydrogen) atoms. The van der Waals surface area contributed by atoms with E-state index in [0.717, 1.165) is 17.9 Å². The molecule has 0 radical (unpaired) electrons. The summed E-state index contributed by atoms with van der Waals surface area (Å²) in [5.74, 6) is 0.929. The molecular formula is C9H11N3O. The number of H-pyrrole nitrogens is 1. The molecule has 2 aromatic heterocycles. The first kappa shape index (κ1) is 8.04. The molecule has 4 nitrogen and oxygen atoms in total. The van der Waals surface area contributed by atoms with Crippen molar-refractivity contribution in [2.45, 2.75) is 20.3 Å². The van der Waals surface area contributed by atoms with Crippen molar-refractivity contribution in [3.8, 4) is 0 Å². The summed E-state index contributed by atoms with van der Waals surface area (Å²) in [6.07, 6.45) is 4.30. The van der Waals surface area contributed by atoms with E-state index >= 15 is 0 Å². The van der Waals surface area contributed by atoms with Crippen LogP contribution in [-0.2, 0) is 6.42 Å². The summed E-state index contributed by atoms with van der Waals surface area (Å²) in [7, 11) is 0. The molecule has 2 aromatic rings.